The third-order valence-corrected chi connectivity index (χ3v) is 5.83. The van der Waals surface area contributed by atoms with E-state index in [0.717, 1.165) is 84.0 Å². The molecule has 1 saturated carbocycles. The molecule has 7 heteroatoms. The molecule has 142 valence electrons. The minimum absolute atomic E-state index is 0.159. The zero-order valence-electron chi connectivity index (χ0n) is 15.5. The molecule has 3 rings (SSSR count). The standard InChI is InChI=1S/C18H33N5O2/c1-19-18(23-8-5-16(24)6-9-23)20-7-10-21-11-13-22(14-12-21)17(25)15-3-2-4-15/h15-16,24H,2-14H2,1H3,(H,19,20). The molecule has 0 unspecified atom stereocenters. The molecule has 2 aliphatic heterocycles. The molecule has 2 heterocycles. The summed E-state index contributed by atoms with van der Waals surface area (Å²) in [6.45, 7) is 7.24. The molecule has 2 N–H and O–H groups in total. The van der Waals surface area contributed by atoms with Crippen LogP contribution in [0.3, 0.4) is 0 Å². The molecule has 0 bridgehead atoms. The van der Waals surface area contributed by atoms with Gasteiger partial charge in [0.05, 0.1) is 6.10 Å². The molecule has 25 heavy (non-hydrogen) atoms. The van der Waals surface area contributed by atoms with Crippen molar-refractivity contribution in [1.29, 1.82) is 0 Å². The number of piperazine rings is 1. The Kier molecular flexibility index (Phi) is 6.53. The van der Waals surface area contributed by atoms with Crippen molar-refractivity contribution in [2.45, 2.75) is 38.2 Å². The number of piperidine rings is 1. The van der Waals surface area contributed by atoms with Crippen molar-refractivity contribution < 1.29 is 9.90 Å². The Morgan fingerprint density at radius 1 is 1.04 bits per heavy atom. The molecule has 1 aliphatic carbocycles. The molecule has 2 saturated heterocycles. The summed E-state index contributed by atoms with van der Waals surface area (Å²) < 4.78 is 0. The van der Waals surface area contributed by atoms with Crippen molar-refractivity contribution in [2.24, 2.45) is 10.9 Å². The fraction of sp³-hybridized carbons (Fsp3) is 0.889. The van der Waals surface area contributed by atoms with Crippen molar-refractivity contribution in [3.63, 3.8) is 0 Å². The monoisotopic (exact) mass is 351 g/mol. The van der Waals surface area contributed by atoms with E-state index < -0.39 is 0 Å². The second kappa shape index (κ2) is 8.85. The zero-order valence-corrected chi connectivity index (χ0v) is 15.5. The van der Waals surface area contributed by atoms with Gasteiger partial charge in [-0.2, -0.15) is 0 Å². The fourth-order valence-electron chi connectivity index (χ4n) is 3.84. The average molecular weight is 351 g/mol. The number of rotatable bonds is 4. The summed E-state index contributed by atoms with van der Waals surface area (Å²) in [5.41, 5.74) is 0. The third kappa shape index (κ3) is 4.85. The molecule has 3 fully saturated rings. The van der Waals surface area contributed by atoms with Crippen LogP contribution in [0, 0.1) is 5.92 Å². The topological polar surface area (TPSA) is 71.4 Å². The van der Waals surface area contributed by atoms with Gasteiger partial charge >= 0.3 is 0 Å². The Bertz CT molecular complexity index is 464. The molecule has 0 aromatic heterocycles. The van der Waals surface area contributed by atoms with Crippen LogP contribution in [0.1, 0.15) is 32.1 Å². The van der Waals surface area contributed by atoms with Crippen LogP contribution in [0.4, 0.5) is 0 Å². The number of aliphatic imine (C=N–C) groups is 1. The lowest BCUT2D eigenvalue weighted by atomic mass is 9.84. The smallest absolute Gasteiger partial charge is 0.225 e. The second-order valence-electron chi connectivity index (χ2n) is 7.49. The van der Waals surface area contributed by atoms with Gasteiger partial charge in [-0.05, 0) is 25.7 Å². The zero-order chi connectivity index (χ0) is 17.6. The Labute approximate surface area is 151 Å². The minimum atomic E-state index is -0.159. The van der Waals surface area contributed by atoms with Crippen LogP contribution < -0.4 is 5.32 Å². The van der Waals surface area contributed by atoms with E-state index in [4.69, 9.17) is 0 Å². The van der Waals surface area contributed by atoms with Crippen molar-refractivity contribution in [1.82, 2.24) is 20.0 Å². The third-order valence-electron chi connectivity index (χ3n) is 5.83. The summed E-state index contributed by atoms with van der Waals surface area (Å²) in [5.74, 6) is 1.64. The van der Waals surface area contributed by atoms with Gasteiger partial charge in [-0.15, -0.1) is 0 Å². The second-order valence-corrected chi connectivity index (χ2v) is 7.49. The molecule has 0 radical (unpaired) electrons. The summed E-state index contributed by atoms with van der Waals surface area (Å²) in [5, 5.41) is 13.1. The lowest BCUT2D eigenvalue weighted by molar-refractivity contribution is -0.139. The number of nitrogens with zero attached hydrogens (tertiary/aromatic N) is 4. The predicted molar refractivity (Wildman–Crippen MR) is 98.5 cm³/mol. The maximum absolute atomic E-state index is 12.3. The predicted octanol–water partition coefficient (Wildman–Crippen LogP) is -0.0372. The van der Waals surface area contributed by atoms with Crippen LogP contribution in [0.15, 0.2) is 4.99 Å². The minimum Gasteiger partial charge on any atom is -0.393 e. The van der Waals surface area contributed by atoms with Gasteiger partial charge in [-0.3, -0.25) is 14.7 Å². The van der Waals surface area contributed by atoms with Crippen LogP contribution in [-0.2, 0) is 4.79 Å². The highest BCUT2D eigenvalue weighted by Gasteiger charge is 2.31. The summed E-state index contributed by atoms with van der Waals surface area (Å²) >= 11 is 0. The SMILES string of the molecule is CN=C(NCCN1CCN(C(=O)C2CCC2)CC1)N1CCC(O)CC1. The first-order valence-corrected chi connectivity index (χ1v) is 9.82. The van der Waals surface area contributed by atoms with Crippen LogP contribution in [0.2, 0.25) is 0 Å². The van der Waals surface area contributed by atoms with E-state index in [0.29, 0.717) is 11.8 Å². The van der Waals surface area contributed by atoms with E-state index in [1.807, 2.05) is 7.05 Å². The lowest BCUT2D eigenvalue weighted by Gasteiger charge is -2.38. The van der Waals surface area contributed by atoms with Crippen molar-refractivity contribution in [3.8, 4) is 0 Å². The number of likely N-dealkylation sites (tertiary alicyclic amines) is 1. The molecule has 0 aromatic rings. The number of aliphatic hydroxyl groups excluding tert-OH is 1. The lowest BCUT2D eigenvalue weighted by Crippen LogP contribution is -2.53. The fourth-order valence-corrected chi connectivity index (χ4v) is 3.84. The summed E-state index contributed by atoms with van der Waals surface area (Å²) in [4.78, 5) is 23.4. The molecule has 1 amide bonds. The van der Waals surface area contributed by atoms with E-state index in [9.17, 15) is 9.90 Å². The molecule has 7 nitrogen and oxygen atoms in total. The van der Waals surface area contributed by atoms with Gasteiger partial charge in [0.25, 0.3) is 0 Å². The Hall–Kier alpha value is -1.34. The molecule has 0 spiro atoms. The van der Waals surface area contributed by atoms with E-state index in [1.165, 1.54) is 6.42 Å². The molecular weight excluding hydrogens is 318 g/mol. The molecule has 3 aliphatic rings. The van der Waals surface area contributed by atoms with Gasteiger partial charge in [0.2, 0.25) is 5.91 Å². The number of hydrogen-bond acceptors (Lipinski definition) is 4. The number of amides is 1. The van der Waals surface area contributed by atoms with Crippen LogP contribution >= 0.6 is 0 Å². The highest BCUT2D eigenvalue weighted by Crippen LogP contribution is 2.28. The van der Waals surface area contributed by atoms with E-state index in [-0.39, 0.29) is 6.10 Å². The van der Waals surface area contributed by atoms with Crippen molar-refractivity contribution >= 4 is 11.9 Å². The van der Waals surface area contributed by atoms with Gasteiger partial charge < -0.3 is 20.2 Å². The molecular formula is C18H33N5O2. The van der Waals surface area contributed by atoms with Gasteiger partial charge in [0.15, 0.2) is 5.96 Å². The Morgan fingerprint density at radius 3 is 2.28 bits per heavy atom. The first-order valence-electron chi connectivity index (χ1n) is 9.82. The van der Waals surface area contributed by atoms with Gasteiger partial charge in [-0.1, -0.05) is 6.42 Å². The highest BCUT2D eigenvalue weighted by molar-refractivity contribution is 5.80. The maximum Gasteiger partial charge on any atom is 0.225 e. The first kappa shape index (κ1) is 18.5. The largest absolute Gasteiger partial charge is 0.393 e. The number of hydrogen-bond donors (Lipinski definition) is 2. The van der Waals surface area contributed by atoms with Gasteiger partial charge in [0, 0.05) is 65.3 Å². The summed E-state index contributed by atoms with van der Waals surface area (Å²) in [6.07, 6.45) is 4.88. The summed E-state index contributed by atoms with van der Waals surface area (Å²) in [6, 6.07) is 0. The summed E-state index contributed by atoms with van der Waals surface area (Å²) in [7, 11) is 1.82. The molecule has 0 atom stereocenters. The van der Waals surface area contributed by atoms with E-state index in [1.54, 1.807) is 0 Å². The van der Waals surface area contributed by atoms with E-state index in [2.05, 4.69) is 25.0 Å². The van der Waals surface area contributed by atoms with Crippen molar-refractivity contribution in [2.75, 3.05) is 59.4 Å². The normalized spacial score (nSPS) is 24.3. The number of carbonyl (C=O) groups is 1. The first-order chi connectivity index (χ1) is 12.2. The number of carbonyl (C=O) groups excluding carboxylic acids is 1. The van der Waals surface area contributed by atoms with Crippen LogP contribution in [-0.4, -0.2) is 97.2 Å². The average Bonchev–Trinajstić information content (AvgIpc) is 2.59. The van der Waals surface area contributed by atoms with Gasteiger partial charge in [0.1, 0.15) is 0 Å². The Balaban J connectivity index is 1.33. The number of nitrogens with one attached hydrogen (secondary N) is 1. The van der Waals surface area contributed by atoms with Crippen molar-refractivity contribution in [3.05, 3.63) is 0 Å². The number of aliphatic hydroxyl groups is 1. The quantitative estimate of drug-likeness (QED) is 0.549. The maximum atomic E-state index is 12.3. The Morgan fingerprint density at radius 2 is 1.72 bits per heavy atom. The molecule has 0 aromatic carbocycles. The van der Waals surface area contributed by atoms with Crippen LogP contribution in [0.25, 0.3) is 0 Å². The van der Waals surface area contributed by atoms with Gasteiger partial charge in [-0.25, -0.2) is 0 Å². The highest BCUT2D eigenvalue weighted by atomic mass is 16.3. The number of guanidine groups is 1. The van der Waals surface area contributed by atoms with E-state index >= 15 is 0 Å². The van der Waals surface area contributed by atoms with Crippen LogP contribution in [0.5, 0.6) is 0 Å².